The predicted octanol–water partition coefficient (Wildman–Crippen LogP) is 0.941. The summed E-state index contributed by atoms with van der Waals surface area (Å²) >= 11 is 0. The number of carbonyl (C=O) groups is 1. The van der Waals surface area contributed by atoms with Gasteiger partial charge in [0.2, 0.25) is 5.91 Å². The Morgan fingerprint density at radius 3 is 3.04 bits per heavy atom. The molecule has 138 valence electrons. The maximum Gasteiger partial charge on any atom is 0.420 e. The molecule has 2 aromatic heterocycles. The lowest BCUT2D eigenvalue weighted by Gasteiger charge is -2.13. The standard InChI is InChI=1S/C17H19N5O3.ClH/c1-11-2-3-15-14(6-11)21(17(24)25-15)10-16(23)19-8-12-7-13-9-18-4-5-22(13)20-12;/h2-3,6-7,18H,4-5,8-10H2,1H3,(H,19,23);1H. The van der Waals surface area contributed by atoms with E-state index in [2.05, 4.69) is 15.7 Å². The molecule has 3 aromatic rings. The summed E-state index contributed by atoms with van der Waals surface area (Å²) in [7, 11) is 0. The van der Waals surface area contributed by atoms with Crippen LogP contribution < -0.4 is 16.4 Å². The van der Waals surface area contributed by atoms with E-state index in [1.54, 1.807) is 6.07 Å². The van der Waals surface area contributed by atoms with Gasteiger partial charge in [0, 0.05) is 13.1 Å². The molecular formula is C17H20ClN5O3. The Bertz CT molecular complexity index is 980. The highest BCUT2D eigenvalue weighted by atomic mass is 35.5. The number of aryl methyl sites for hydroxylation is 1. The minimum atomic E-state index is -0.528. The first kappa shape index (κ1) is 18.2. The van der Waals surface area contributed by atoms with Crippen LogP contribution >= 0.6 is 12.4 Å². The van der Waals surface area contributed by atoms with E-state index < -0.39 is 5.76 Å². The van der Waals surface area contributed by atoms with Crippen molar-refractivity contribution in [1.29, 1.82) is 0 Å². The molecule has 0 saturated heterocycles. The van der Waals surface area contributed by atoms with E-state index in [0.29, 0.717) is 17.6 Å². The van der Waals surface area contributed by atoms with E-state index in [-0.39, 0.29) is 24.9 Å². The Morgan fingerprint density at radius 1 is 1.38 bits per heavy atom. The highest BCUT2D eigenvalue weighted by Gasteiger charge is 2.15. The number of aromatic nitrogens is 3. The van der Waals surface area contributed by atoms with Gasteiger partial charge in [-0.1, -0.05) is 6.07 Å². The van der Waals surface area contributed by atoms with E-state index >= 15 is 0 Å². The SMILES string of the molecule is Cc1ccc2oc(=O)n(CC(=O)NCc3cc4n(n3)CCNC4)c2c1.Cl. The molecule has 0 spiro atoms. The second-order valence-electron chi connectivity index (χ2n) is 6.23. The highest BCUT2D eigenvalue weighted by molar-refractivity contribution is 5.85. The number of benzene rings is 1. The first-order chi connectivity index (χ1) is 12.1. The summed E-state index contributed by atoms with van der Waals surface area (Å²) in [6.45, 7) is 4.70. The molecule has 0 saturated carbocycles. The monoisotopic (exact) mass is 377 g/mol. The zero-order valence-electron chi connectivity index (χ0n) is 14.3. The van der Waals surface area contributed by atoms with Crippen molar-refractivity contribution >= 4 is 29.4 Å². The highest BCUT2D eigenvalue weighted by Crippen LogP contribution is 2.14. The number of amides is 1. The van der Waals surface area contributed by atoms with Crippen molar-refractivity contribution in [3.63, 3.8) is 0 Å². The van der Waals surface area contributed by atoms with Gasteiger partial charge in [-0.05, 0) is 30.7 Å². The van der Waals surface area contributed by atoms with Crippen LogP contribution in [0.3, 0.4) is 0 Å². The van der Waals surface area contributed by atoms with Gasteiger partial charge >= 0.3 is 5.76 Å². The minimum absolute atomic E-state index is 0. The fraction of sp³-hybridized carbons (Fsp3) is 0.353. The normalized spacial score (nSPS) is 13.3. The third kappa shape index (κ3) is 3.51. The summed E-state index contributed by atoms with van der Waals surface area (Å²) in [5.74, 6) is -0.783. The summed E-state index contributed by atoms with van der Waals surface area (Å²) < 4.78 is 8.48. The number of nitrogens with zero attached hydrogens (tertiary/aromatic N) is 3. The van der Waals surface area contributed by atoms with Gasteiger partial charge in [-0.25, -0.2) is 4.79 Å². The molecule has 1 aliphatic heterocycles. The Morgan fingerprint density at radius 2 is 2.23 bits per heavy atom. The van der Waals surface area contributed by atoms with Gasteiger partial charge in [0.05, 0.1) is 30.0 Å². The molecule has 0 fully saturated rings. The average molecular weight is 378 g/mol. The first-order valence-corrected chi connectivity index (χ1v) is 8.23. The third-order valence-electron chi connectivity index (χ3n) is 4.31. The van der Waals surface area contributed by atoms with Crippen molar-refractivity contribution in [2.24, 2.45) is 0 Å². The molecule has 0 atom stereocenters. The van der Waals surface area contributed by atoms with Crippen LogP contribution in [0.15, 0.2) is 33.5 Å². The summed E-state index contributed by atoms with van der Waals surface area (Å²) in [6.07, 6.45) is 0. The molecule has 1 amide bonds. The van der Waals surface area contributed by atoms with Crippen molar-refractivity contribution in [3.05, 3.63) is 51.8 Å². The van der Waals surface area contributed by atoms with Crippen molar-refractivity contribution < 1.29 is 9.21 Å². The quantitative estimate of drug-likeness (QED) is 0.705. The molecule has 0 unspecified atom stereocenters. The fourth-order valence-corrected chi connectivity index (χ4v) is 3.05. The van der Waals surface area contributed by atoms with E-state index in [0.717, 1.165) is 36.6 Å². The second-order valence-corrected chi connectivity index (χ2v) is 6.23. The summed E-state index contributed by atoms with van der Waals surface area (Å²) in [5.41, 5.74) is 4.04. The maximum absolute atomic E-state index is 12.2. The molecule has 3 heterocycles. The molecule has 1 aromatic carbocycles. The van der Waals surface area contributed by atoms with Crippen LogP contribution in [-0.2, 0) is 31.0 Å². The van der Waals surface area contributed by atoms with Crippen LogP contribution in [-0.4, -0.2) is 26.8 Å². The number of fused-ring (bicyclic) bond motifs is 2. The molecule has 0 bridgehead atoms. The molecule has 9 heteroatoms. The Labute approximate surface area is 155 Å². The summed E-state index contributed by atoms with van der Waals surface area (Å²) in [5, 5.41) is 10.6. The first-order valence-electron chi connectivity index (χ1n) is 8.23. The van der Waals surface area contributed by atoms with Gasteiger partial charge in [0.15, 0.2) is 5.58 Å². The zero-order chi connectivity index (χ0) is 17.4. The van der Waals surface area contributed by atoms with Crippen LogP contribution in [0.1, 0.15) is 17.0 Å². The fourth-order valence-electron chi connectivity index (χ4n) is 3.05. The van der Waals surface area contributed by atoms with Crippen LogP contribution in [0.25, 0.3) is 11.1 Å². The number of hydrogen-bond acceptors (Lipinski definition) is 5. The van der Waals surface area contributed by atoms with Crippen LogP contribution in [0.4, 0.5) is 0 Å². The van der Waals surface area contributed by atoms with Gasteiger partial charge in [-0.15, -0.1) is 12.4 Å². The molecule has 26 heavy (non-hydrogen) atoms. The molecule has 2 N–H and O–H groups in total. The molecule has 8 nitrogen and oxygen atoms in total. The van der Waals surface area contributed by atoms with Crippen molar-refractivity contribution in [2.75, 3.05) is 6.54 Å². The smallest absolute Gasteiger partial charge is 0.408 e. The van der Waals surface area contributed by atoms with E-state index in [1.165, 1.54) is 4.57 Å². The predicted molar refractivity (Wildman–Crippen MR) is 98.2 cm³/mol. The lowest BCUT2D eigenvalue weighted by atomic mass is 10.2. The van der Waals surface area contributed by atoms with E-state index in [4.69, 9.17) is 4.42 Å². The molecular weight excluding hydrogens is 358 g/mol. The number of hydrogen-bond donors (Lipinski definition) is 2. The van der Waals surface area contributed by atoms with Gasteiger partial charge in [-0.3, -0.25) is 14.0 Å². The second kappa shape index (κ2) is 7.35. The average Bonchev–Trinajstić information content (AvgIpc) is 3.14. The van der Waals surface area contributed by atoms with Gasteiger partial charge in [0.1, 0.15) is 6.54 Å². The number of halogens is 1. The topological polar surface area (TPSA) is 94.1 Å². The van der Waals surface area contributed by atoms with Crippen molar-refractivity contribution in [1.82, 2.24) is 25.0 Å². The number of nitrogens with one attached hydrogen (secondary N) is 2. The third-order valence-corrected chi connectivity index (χ3v) is 4.31. The van der Waals surface area contributed by atoms with Crippen molar-refractivity contribution in [2.45, 2.75) is 33.1 Å². The minimum Gasteiger partial charge on any atom is -0.408 e. The molecule has 4 rings (SSSR count). The molecule has 1 aliphatic rings. The van der Waals surface area contributed by atoms with Gasteiger partial charge in [-0.2, -0.15) is 5.10 Å². The van der Waals surface area contributed by atoms with Crippen LogP contribution in [0, 0.1) is 6.92 Å². The number of carbonyl (C=O) groups excluding carboxylic acids is 1. The van der Waals surface area contributed by atoms with E-state index in [9.17, 15) is 9.59 Å². The number of oxazole rings is 1. The van der Waals surface area contributed by atoms with E-state index in [1.807, 2.05) is 29.8 Å². The molecule has 0 radical (unpaired) electrons. The Hall–Kier alpha value is -2.58. The van der Waals surface area contributed by atoms with Gasteiger partial charge in [0.25, 0.3) is 0 Å². The van der Waals surface area contributed by atoms with Gasteiger partial charge < -0.3 is 15.1 Å². The Balaban J connectivity index is 0.00000196. The van der Waals surface area contributed by atoms with Crippen LogP contribution in [0.2, 0.25) is 0 Å². The summed E-state index contributed by atoms with van der Waals surface area (Å²) in [4.78, 5) is 24.2. The number of rotatable bonds is 4. The lowest BCUT2D eigenvalue weighted by Crippen LogP contribution is -2.30. The molecule has 0 aliphatic carbocycles. The van der Waals surface area contributed by atoms with Crippen LogP contribution in [0.5, 0.6) is 0 Å². The largest absolute Gasteiger partial charge is 0.420 e. The maximum atomic E-state index is 12.2. The lowest BCUT2D eigenvalue weighted by molar-refractivity contribution is -0.121. The van der Waals surface area contributed by atoms with Crippen molar-refractivity contribution in [3.8, 4) is 0 Å². The Kier molecular flexibility index (Phi) is 5.15. The summed E-state index contributed by atoms with van der Waals surface area (Å²) in [6, 6.07) is 7.42. The zero-order valence-corrected chi connectivity index (χ0v) is 15.1.